The zero-order valence-electron chi connectivity index (χ0n) is 6.98. The van der Waals surface area contributed by atoms with E-state index in [2.05, 4.69) is 0 Å². The second kappa shape index (κ2) is 4.10. The number of carbonyl (C=O) groups excluding carboxylic acids is 1. The fraction of sp³-hybridized carbons (Fsp3) is 0.889. The van der Waals surface area contributed by atoms with Crippen molar-refractivity contribution in [3.63, 3.8) is 0 Å². The SMILES string of the molecule is CC(=O)C1CCCCCC1Cl. The Hall–Kier alpha value is -0.0400. The average molecular weight is 175 g/mol. The molecule has 2 heteroatoms. The predicted octanol–water partition coefficient (Wildman–Crippen LogP) is 2.76. The van der Waals surface area contributed by atoms with Crippen LogP contribution in [0, 0.1) is 5.92 Å². The first-order chi connectivity index (χ1) is 5.22. The van der Waals surface area contributed by atoms with Crippen LogP contribution in [0.25, 0.3) is 0 Å². The molecule has 1 fully saturated rings. The van der Waals surface area contributed by atoms with Crippen LogP contribution >= 0.6 is 11.6 Å². The first kappa shape index (κ1) is 9.05. The summed E-state index contributed by atoms with van der Waals surface area (Å²) in [7, 11) is 0. The van der Waals surface area contributed by atoms with Gasteiger partial charge in [-0.3, -0.25) is 4.79 Å². The normalized spacial score (nSPS) is 32.9. The standard InChI is InChI=1S/C9H15ClO/c1-7(11)8-5-3-2-4-6-9(8)10/h8-9H,2-6H2,1H3. The average Bonchev–Trinajstić information content (AvgIpc) is 2.13. The minimum Gasteiger partial charge on any atom is -0.300 e. The lowest BCUT2D eigenvalue weighted by Gasteiger charge is -2.15. The molecule has 0 saturated heterocycles. The van der Waals surface area contributed by atoms with Gasteiger partial charge in [0.05, 0.1) is 0 Å². The molecular formula is C9H15ClO. The quantitative estimate of drug-likeness (QED) is 0.442. The van der Waals surface area contributed by atoms with E-state index in [1.165, 1.54) is 19.3 Å². The Labute approximate surface area is 73.1 Å². The van der Waals surface area contributed by atoms with Gasteiger partial charge in [0, 0.05) is 11.3 Å². The van der Waals surface area contributed by atoms with Gasteiger partial charge >= 0.3 is 0 Å². The van der Waals surface area contributed by atoms with Crippen LogP contribution in [0.1, 0.15) is 39.0 Å². The molecule has 0 aromatic heterocycles. The number of Topliss-reactive ketones (excluding diaryl/α,β-unsaturated/α-hetero) is 1. The van der Waals surface area contributed by atoms with Gasteiger partial charge in [0.25, 0.3) is 0 Å². The van der Waals surface area contributed by atoms with Gasteiger partial charge < -0.3 is 0 Å². The van der Waals surface area contributed by atoms with E-state index in [1.807, 2.05) is 0 Å². The number of rotatable bonds is 1. The molecular weight excluding hydrogens is 160 g/mol. The van der Waals surface area contributed by atoms with Gasteiger partial charge in [-0.05, 0) is 19.8 Å². The van der Waals surface area contributed by atoms with E-state index in [9.17, 15) is 4.79 Å². The van der Waals surface area contributed by atoms with Crippen molar-refractivity contribution >= 4 is 17.4 Å². The van der Waals surface area contributed by atoms with E-state index >= 15 is 0 Å². The third kappa shape index (κ3) is 2.48. The Balaban J connectivity index is 2.52. The lowest BCUT2D eigenvalue weighted by molar-refractivity contribution is -0.120. The molecule has 64 valence electrons. The molecule has 0 heterocycles. The summed E-state index contributed by atoms with van der Waals surface area (Å²) in [6, 6.07) is 0. The molecule has 1 saturated carbocycles. The smallest absolute Gasteiger partial charge is 0.134 e. The second-order valence-corrected chi connectivity index (χ2v) is 3.93. The van der Waals surface area contributed by atoms with Crippen molar-refractivity contribution < 1.29 is 4.79 Å². The Bertz CT molecular complexity index is 144. The van der Waals surface area contributed by atoms with Crippen molar-refractivity contribution in [1.29, 1.82) is 0 Å². The van der Waals surface area contributed by atoms with E-state index in [1.54, 1.807) is 6.92 Å². The molecule has 0 N–H and O–H groups in total. The molecule has 0 radical (unpaired) electrons. The number of carbonyl (C=O) groups is 1. The lowest BCUT2D eigenvalue weighted by atomic mass is 9.96. The molecule has 0 aromatic carbocycles. The molecule has 0 aromatic rings. The van der Waals surface area contributed by atoms with E-state index in [4.69, 9.17) is 11.6 Å². The predicted molar refractivity (Wildman–Crippen MR) is 46.9 cm³/mol. The maximum atomic E-state index is 11.1. The summed E-state index contributed by atoms with van der Waals surface area (Å²) < 4.78 is 0. The zero-order chi connectivity index (χ0) is 8.27. The summed E-state index contributed by atoms with van der Waals surface area (Å²) in [4.78, 5) is 11.1. The first-order valence-electron chi connectivity index (χ1n) is 4.36. The topological polar surface area (TPSA) is 17.1 Å². The van der Waals surface area contributed by atoms with Crippen LogP contribution in [-0.2, 0) is 4.79 Å². The summed E-state index contributed by atoms with van der Waals surface area (Å²) in [5.41, 5.74) is 0. The third-order valence-corrected chi connectivity index (χ3v) is 2.98. The van der Waals surface area contributed by atoms with Crippen LogP contribution in [0.5, 0.6) is 0 Å². The molecule has 2 unspecified atom stereocenters. The number of ketones is 1. The van der Waals surface area contributed by atoms with Crippen LogP contribution in [0.15, 0.2) is 0 Å². The van der Waals surface area contributed by atoms with Crippen molar-refractivity contribution in [3.05, 3.63) is 0 Å². The van der Waals surface area contributed by atoms with Gasteiger partial charge in [-0.25, -0.2) is 0 Å². The van der Waals surface area contributed by atoms with Crippen molar-refractivity contribution in [2.24, 2.45) is 5.92 Å². The zero-order valence-corrected chi connectivity index (χ0v) is 7.73. The maximum absolute atomic E-state index is 11.1. The summed E-state index contributed by atoms with van der Waals surface area (Å²) in [6.45, 7) is 1.66. The summed E-state index contributed by atoms with van der Waals surface area (Å²) in [6.07, 6.45) is 5.63. The van der Waals surface area contributed by atoms with E-state index in [0.717, 1.165) is 12.8 Å². The third-order valence-electron chi connectivity index (χ3n) is 2.45. The molecule has 11 heavy (non-hydrogen) atoms. The van der Waals surface area contributed by atoms with Crippen LogP contribution in [0.3, 0.4) is 0 Å². The first-order valence-corrected chi connectivity index (χ1v) is 4.80. The number of halogens is 1. The van der Waals surface area contributed by atoms with Crippen molar-refractivity contribution in [3.8, 4) is 0 Å². The van der Waals surface area contributed by atoms with E-state index < -0.39 is 0 Å². The van der Waals surface area contributed by atoms with E-state index in [-0.39, 0.29) is 17.1 Å². The van der Waals surface area contributed by atoms with Gasteiger partial charge in [0.15, 0.2) is 0 Å². The van der Waals surface area contributed by atoms with Crippen LogP contribution in [0.4, 0.5) is 0 Å². The van der Waals surface area contributed by atoms with Crippen LogP contribution < -0.4 is 0 Å². The molecule has 1 aliphatic rings. The minimum atomic E-state index is 0.106. The van der Waals surface area contributed by atoms with Gasteiger partial charge in [-0.15, -0.1) is 11.6 Å². The highest BCUT2D eigenvalue weighted by atomic mass is 35.5. The summed E-state index contributed by atoms with van der Waals surface area (Å²) >= 11 is 6.06. The fourth-order valence-corrected chi connectivity index (χ4v) is 2.18. The van der Waals surface area contributed by atoms with E-state index in [0.29, 0.717) is 0 Å². The molecule has 0 bridgehead atoms. The molecule has 0 aliphatic heterocycles. The van der Waals surface area contributed by atoms with Gasteiger partial charge in [-0.1, -0.05) is 19.3 Å². The van der Waals surface area contributed by atoms with Crippen LogP contribution in [-0.4, -0.2) is 11.2 Å². The Morgan fingerprint density at radius 2 is 1.91 bits per heavy atom. The highest BCUT2D eigenvalue weighted by Crippen LogP contribution is 2.27. The molecule has 1 rings (SSSR count). The molecule has 0 amide bonds. The lowest BCUT2D eigenvalue weighted by Crippen LogP contribution is -2.20. The minimum absolute atomic E-state index is 0.106. The summed E-state index contributed by atoms with van der Waals surface area (Å²) in [5.74, 6) is 0.408. The highest BCUT2D eigenvalue weighted by Gasteiger charge is 2.24. The maximum Gasteiger partial charge on any atom is 0.134 e. The van der Waals surface area contributed by atoms with Gasteiger partial charge in [0.2, 0.25) is 0 Å². The molecule has 0 spiro atoms. The number of alkyl halides is 1. The second-order valence-electron chi connectivity index (χ2n) is 3.37. The molecule has 1 aliphatic carbocycles. The largest absolute Gasteiger partial charge is 0.300 e. The van der Waals surface area contributed by atoms with Crippen molar-refractivity contribution in [2.75, 3.05) is 0 Å². The molecule has 1 nitrogen and oxygen atoms in total. The molecule has 2 atom stereocenters. The van der Waals surface area contributed by atoms with Gasteiger partial charge in [0.1, 0.15) is 5.78 Å². The van der Waals surface area contributed by atoms with Crippen molar-refractivity contribution in [2.45, 2.75) is 44.4 Å². The highest BCUT2D eigenvalue weighted by molar-refractivity contribution is 6.22. The van der Waals surface area contributed by atoms with Crippen molar-refractivity contribution in [1.82, 2.24) is 0 Å². The monoisotopic (exact) mass is 174 g/mol. The Kier molecular flexibility index (Phi) is 3.38. The Morgan fingerprint density at radius 1 is 1.27 bits per heavy atom. The summed E-state index contributed by atoms with van der Waals surface area (Å²) in [5, 5.41) is 0.106. The Morgan fingerprint density at radius 3 is 2.55 bits per heavy atom. The number of hydrogen-bond donors (Lipinski definition) is 0. The van der Waals surface area contributed by atoms with Crippen LogP contribution in [0.2, 0.25) is 0 Å². The van der Waals surface area contributed by atoms with Gasteiger partial charge in [-0.2, -0.15) is 0 Å². The fourth-order valence-electron chi connectivity index (χ4n) is 1.72. The number of hydrogen-bond acceptors (Lipinski definition) is 1.